The van der Waals surface area contributed by atoms with Crippen LogP contribution in [0.4, 0.5) is 5.95 Å². The van der Waals surface area contributed by atoms with Crippen LogP contribution < -0.4 is 14.8 Å². The number of phenolic OH excluding ortho intramolecular Hbond substituents is 1. The van der Waals surface area contributed by atoms with E-state index in [-0.39, 0.29) is 30.1 Å². The second kappa shape index (κ2) is 7.25. The Balaban J connectivity index is 2.19. The molecule has 0 aliphatic carbocycles. The number of hydrogen-bond donors (Lipinski definition) is 3. The summed E-state index contributed by atoms with van der Waals surface area (Å²) in [5, 5.41) is 21.3. The van der Waals surface area contributed by atoms with Gasteiger partial charge in [0.1, 0.15) is 11.8 Å². The average molecular weight is 320 g/mol. The van der Waals surface area contributed by atoms with Crippen molar-refractivity contribution < 1.29 is 24.5 Å². The van der Waals surface area contributed by atoms with E-state index < -0.39 is 12.0 Å². The molecule has 0 amide bonds. The van der Waals surface area contributed by atoms with E-state index in [9.17, 15) is 15.0 Å². The number of carbonyl (C=O) groups is 1. The number of nitrogens with one attached hydrogen (secondary N) is 1. The van der Waals surface area contributed by atoms with Crippen LogP contribution in [0.1, 0.15) is 5.56 Å². The molecule has 9 nitrogen and oxygen atoms in total. The molecule has 0 bridgehead atoms. The predicted octanol–water partition coefficient (Wildman–Crippen LogP) is 0.702. The Morgan fingerprint density at radius 1 is 1.13 bits per heavy atom. The van der Waals surface area contributed by atoms with Gasteiger partial charge in [-0.1, -0.05) is 12.1 Å². The van der Waals surface area contributed by atoms with Gasteiger partial charge in [-0.05, 0) is 17.7 Å². The van der Waals surface area contributed by atoms with Crippen molar-refractivity contribution in [1.29, 1.82) is 0 Å². The molecule has 0 radical (unpaired) electrons. The number of phenols is 1. The lowest BCUT2D eigenvalue weighted by Gasteiger charge is -2.15. The van der Waals surface area contributed by atoms with Crippen LogP contribution in [0.5, 0.6) is 17.8 Å². The van der Waals surface area contributed by atoms with E-state index in [4.69, 9.17) is 9.47 Å². The summed E-state index contributed by atoms with van der Waals surface area (Å²) in [6.07, 6.45) is 0.173. The van der Waals surface area contributed by atoms with E-state index in [2.05, 4.69) is 20.3 Å². The standard InChI is InChI=1S/C14H16N4O5/c1-22-13-16-12(17-14(18-13)23-2)15-10(11(20)21)7-8-3-5-9(19)6-4-8/h3-6,10,19H,7H2,1-2H3,(H,20,21)(H,15,16,17,18). The van der Waals surface area contributed by atoms with Crippen LogP contribution in [0.25, 0.3) is 0 Å². The van der Waals surface area contributed by atoms with E-state index >= 15 is 0 Å². The van der Waals surface area contributed by atoms with E-state index in [1.807, 2.05) is 0 Å². The fourth-order valence-electron chi connectivity index (χ4n) is 1.81. The summed E-state index contributed by atoms with van der Waals surface area (Å²) in [5.74, 6) is -0.933. The smallest absolute Gasteiger partial charge is 0.326 e. The van der Waals surface area contributed by atoms with E-state index in [1.165, 1.54) is 26.4 Å². The maximum Gasteiger partial charge on any atom is 0.326 e. The van der Waals surface area contributed by atoms with Gasteiger partial charge in [-0.3, -0.25) is 0 Å². The minimum atomic E-state index is -1.07. The number of aromatic nitrogens is 3. The fourth-order valence-corrected chi connectivity index (χ4v) is 1.81. The molecular formula is C14H16N4O5. The SMILES string of the molecule is COc1nc(NC(Cc2ccc(O)cc2)C(=O)O)nc(OC)n1. The van der Waals surface area contributed by atoms with Crippen LogP contribution >= 0.6 is 0 Å². The Hall–Kier alpha value is -3.10. The third-order valence-corrected chi connectivity index (χ3v) is 2.94. The van der Waals surface area contributed by atoms with Gasteiger partial charge >= 0.3 is 18.0 Å². The molecule has 1 aromatic carbocycles. The van der Waals surface area contributed by atoms with E-state index in [1.54, 1.807) is 12.1 Å². The molecule has 0 aliphatic rings. The monoisotopic (exact) mass is 320 g/mol. The van der Waals surface area contributed by atoms with E-state index in [0.717, 1.165) is 5.56 Å². The number of hydrogen-bond acceptors (Lipinski definition) is 8. The molecule has 23 heavy (non-hydrogen) atoms. The minimum absolute atomic E-state index is 0.00752. The van der Waals surface area contributed by atoms with Gasteiger partial charge in [-0.2, -0.15) is 9.97 Å². The second-order valence-corrected chi connectivity index (χ2v) is 4.54. The topological polar surface area (TPSA) is 127 Å². The molecule has 0 fully saturated rings. The van der Waals surface area contributed by atoms with Gasteiger partial charge in [0.2, 0.25) is 5.95 Å². The summed E-state index contributed by atoms with van der Waals surface area (Å²) in [6, 6.07) is 5.30. The summed E-state index contributed by atoms with van der Waals surface area (Å²) in [6.45, 7) is 0. The number of rotatable bonds is 7. The largest absolute Gasteiger partial charge is 0.508 e. The zero-order chi connectivity index (χ0) is 16.8. The van der Waals surface area contributed by atoms with Crippen molar-refractivity contribution in [2.75, 3.05) is 19.5 Å². The maximum atomic E-state index is 11.4. The Morgan fingerprint density at radius 2 is 1.70 bits per heavy atom. The Kier molecular flexibility index (Phi) is 5.13. The molecule has 0 aliphatic heterocycles. The molecule has 1 unspecified atom stereocenters. The summed E-state index contributed by atoms with van der Waals surface area (Å²) >= 11 is 0. The number of aromatic hydroxyl groups is 1. The minimum Gasteiger partial charge on any atom is -0.508 e. The highest BCUT2D eigenvalue weighted by molar-refractivity contribution is 5.77. The predicted molar refractivity (Wildman–Crippen MR) is 79.8 cm³/mol. The number of methoxy groups -OCH3 is 2. The van der Waals surface area contributed by atoms with Crippen LogP contribution in [0.2, 0.25) is 0 Å². The molecule has 1 heterocycles. The number of aliphatic carboxylic acids is 1. The number of anilines is 1. The molecule has 1 atom stereocenters. The van der Waals surface area contributed by atoms with Crippen LogP contribution in [0, 0.1) is 0 Å². The van der Waals surface area contributed by atoms with Crippen molar-refractivity contribution >= 4 is 11.9 Å². The number of nitrogens with zero attached hydrogens (tertiary/aromatic N) is 3. The molecule has 2 aromatic rings. The zero-order valence-electron chi connectivity index (χ0n) is 12.6. The molecule has 0 spiro atoms. The fraction of sp³-hybridized carbons (Fsp3) is 0.286. The molecule has 9 heteroatoms. The second-order valence-electron chi connectivity index (χ2n) is 4.54. The average Bonchev–Trinajstić information content (AvgIpc) is 2.55. The van der Waals surface area contributed by atoms with Crippen LogP contribution in [0.3, 0.4) is 0 Å². The van der Waals surface area contributed by atoms with Gasteiger partial charge in [-0.25, -0.2) is 4.79 Å². The molecule has 122 valence electrons. The van der Waals surface area contributed by atoms with Crippen molar-refractivity contribution in [2.24, 2.45) is 0 Å². The highest BCUT2D eigenvalue weighted by atomic mass is 16.5. The first-order valence-corrected chi connectivity index (χ1v) is 6.63. The molecule has 1 aromatic heterocycles. The summed E-state index contributed by atoms with van der Waals surface area (Å²) in [5.41, 5.74) is 0.732. The number of ether oxygens (including phenoxy) is 2. The van der Waals surface area contributed by atoms with Gasteiger partial charge in [0.25, 0.3) is 0 Å². The number of benzene rings is 1. The van der Waals surface area contributed by atoms with Crippen molar-refractivity contribution in [2.45, 2.75) is 12.5 Å². The number of carboxylic acid groups (broad SMARTS) is 1. The molecule has 0 saturated heterocycles. The van der Waals surface area contributed by atoms with Crippen molar-refractivity contribution in [1.82, 2.24) is 15.0 Å². The Bertz CT molecular complexity index is 655. The third kappa shape index (κ3) is 4.43. The van der Waals surface area contributed by atoms with Gasteiger partial charge in [0.05, 0.1) is 14.2 Å². The molecule has 0 saturated carbocycles. The van der Waals surface area contributed by atoms with Crippen LogP contribution in [-0.4, -0.2) is 51.4 Å². The van der Waals surface area contributed by atoms with E-state index in [0.29, 0.717) is 0 Å². The normalized spacial score (nSPS) is 11.6. The van der Waals surface area contributed by atoms with Crippen molar-refractivity contribution in [3.05, 3.63) is 29.8 Å². The van der Waals surface area contributed by atoms with Gasteiger partial charge in [-0.15, -0.1) is 4.98 Å². The third-order valence-electron chi connectivity index (χ3n) is 2.94. The van der Waals surface area contributed by atoms with Gasteiger partial charge in [0, 0.05) is 6.42 Å². The van der Waals surface area contributed by atoms with Crippen molar-refractivity contribution in [3.8, 4) is 17.8 Å². The summed E-state index contributed by atoms with van der Waals surface area (Å²) < 4.78 is 9.83. The highest BCUT2D eigenvalue weighted by Crippen LogP contribution is 2.16. The lowest BCUT2D eigenvalue weighted by Crippen LogP contribution is -2.32. The first kappa shape index (κ1) is 16.3. The first-order chi connectivity index (χ1) is 11.0. The Labute approximate surface area is 131 Å². The zero-order valence-corrected chi connectivity index (χ0v) is 12.6. The first-order valence-electron chi connectivity index (χ1n) is 6.63. The Morgan fingerprint density at radius 3 is 2.17 bits per heavy atom. The molecule has 3 N–H and O–H groups in total. The van der Waals surface area contributed by atoms with Gasteiger partial charge in [0.15, 0.2) is 0 Å². The van der Waals surface area contributed by atoms with Crippen molar-refractivity contribution in [3.63, 3.8) is 0 Å². The van der Waals surface area contributed by atoms with Crippen LogP contribution in [-0.2, 0) is 11.2 Å². The molecule has 2 rings (SSSR count). The van der Waals surface area contributed by atoms with Crippen LogP contribution in [0.15, 0.2) is 24.3 Å². The molecular weight excluding hydrogens is 304 g/mol. The lowest BCUT2D eigenvalue weighted by molar-refractivity contribution is -0.137. The number of carboxylic acids is 1. The van der Waals surface area contributed by atoms with Gasteiger partial charge < -0.3 is 25.0 Å². The highest BCUT2D eigenvalue weighted by Gasteiger charge is 2.20. The quantitative estimate of drug-likeness (QED) is 0.675. The maximum absolute atomic E-state index is 11.4. The lowest BCUT2D eigenvalue weighted by atomic mass is 10.1. The summed E-state index contributed by atoms with van der Waals surface area (Å²) in [7, 11) is 2.76. The summed E-state index contributed by atoms with van der Waals surface area (Å²) in [4.78, 5) is 23.2.